The van der Waals surface area contributed by atoms with Crippen molar-refractivity contribution < 1.29 is 14.3 Å². The van der Waals surface area contributed by atoms with Crippen LogP contribution >= 0.6 is 11.6 Å². The van der Waals surface area contributed by atoms with Gasteiger partial charge in [-0.25, -0.2) is 9.48 Å². The van der Waals surface area contributed by atoms with Gasteiger partial charge in [-0.15, -0.1) is 4.91 Å². The maximum atomic E-state index is 13.5. The number of aromatic nitrogens is 2. The van der Waals surface area contributed by atoms with Gasteiger partial charge in [-0.1, -0.05) is 35.9 Å². The van der Waals surface area contributed by atoms with Crippen molar-refractivity contribution >= 4 is 35.3 Å². The highest BCUT2D eigenvalue weighted by Crippen LogP contribution is 2.26. The molecule has 0 saturated carbocycles. The van der Waals surface area contributed by atoms with Gasteiger partial charge in [0.15, 0.2) is 0 Å². The molecule has 2 N–H and O–H groups in total. The van der Waals surface area contributed by atoms with Crippen LogP contribution < -0.4 is 15.6 Å². The Morgan fingerprint density at radius 3 is 2.42 bits per heavy atom. The average molecular weight is 530 g/mol. The van der Waals surface area contributed by atoms with Crippen molar-refractivity contribution in [3.05, 3.63) is 110 Å². The molecule has 38 heavy (non-hydrogen) atoms. The van der Waals surface area contributed by atoms with E-state index in [2.05, 4.69) is 15.6 Å². The Balaban J connectivity index is 1.55. The number of nitrogens with zero attached hydrogens (tertiary/aromatic N) is 3. The van der Waals surface area contributed by atoms with Crippen molar-refractivity contribution in [2.45, 2.75) is 6.54 Å². The molecule has 11 heteroatoms. The van der Waals surface area contributed by atoms with Gasteiger partial charge in [0.1, 0.15) is 17.1 Å². The molecular formula is C27H20ClN5O5. The maximum Gasteiger partial charge on any atom is 0.329 e. The second kappa shape index (κ2) is 10.2. The Morgan fingerprint density at radius 2 is 1.74 bits per heavy atom. The van der Waals surface area contributed by atoms with Gasteiger partial charge in [-0.05, 0) is 65.3 Å². The zero-order valence-electron chi connectivity index (χ0n) is 20.0. The van der Waals surface area contributed by atoms with E-state index in [0.29, 0.717) is 33.3 Å². The number of hydrogen-bond donors (Lipinski definition) is 2. The summed E-state index contributed by atoms with van der Waals surface area (Å²) < 4.78 is 6.49. The summed E-state index contributed by atoms with van der Waals surface area (Å²) in [7, 11) is 1.53. The van der Waals surface area contributed by atoms with Crippen LogP contribution in [0.4, 0.5) is 10.5 Å². The highest BCUT2D eigenvalue weighted by atomic mass is 35.5. The second-order valence-electron chi connectivity index (χ2n) is 8.39. The molecule has 5 rings (SSSR count). The lowest BCUT2D eigenvalue weighted by molar-refractivity contribution is -0.123. The molecule has 0 bridgehead atoms. The van der Waals surface area contributed by atoms with Crippen LogP contribution in [0.15, 0.2) is 88.5 Å². The number of nitrogens with one attached hydrogen (secondary N) is 2. The summed E-state index contributed by atoms with van der Waals surface area (Å²) in [6, 6.07) is 19.3. The molecule has 3 aromatic carbocycles. The van der Waals surface area contributed by atoms with Crippen LogP contribution in [0.2, 0.25) is 5.02 Å². The number of nitroso groups, excluding NO2 is 1. The number of carbonyl (C=O) groups excluding carboxylic acids is 2. The van der Waals surface area contributed by atoms with E-state index in [-0.39, 0.29) is 23.5 Å². The maximum absolute atomic E-state index is 13.5. The number of amides is 3. The molecule has 1 aliphatic rings. The molecule has 10 nitrogen and oxygen atoms in total. The monoisotopic (exact) mass is 529 g/mol. The fourth-order valence-electron chi connectivity index (χ4n) is 4.08. The van der Waals surface area contributed by atoms with E-state index in [1.807, 2.05) is 0 Å². The summed E-state index contributed by atoms with van der Waals surface area (Å²) >= 11 is 6.05. The van der Waals surface area contributed by atoms with Gasteiger partial charge >= 0.3 is 6.03 Å². The Labute approximate surface area is 221 Å². The highest BCUT2D eigenvalue weighted by molar-refractivity contribution is 6.30. The summed E-state index contributed by atoms with van der Waals surface area (Å²) in [6.07, 6.45) is 1.35. The predicted octanol–water partition coefficient (Wildman–Crippen LogP) is 4.99. The first-order valence-electron chi connectivity index (χ1n) is 11.4. The number of halogens is 1. The quantitative estimate of drug-likeness (QED) is 0.198. The van der Waals surface area contributed by atoms with Crippen molar-refractivity contribution in [1.29, 1.82) is 0 Å². The minimum absolute atomic E-state index is 0.0255. The van der Waals surface area contributed by atoms with Crippen molar-refractivity contribution in [2.75, 3.05) is 7.11 Å². The number of hydrogen-bond acceptors (Lipinski definition) is 6. The van der Waals surface area contributed by atoms with Crippen molar-refractivity contribution in [1.82, 2.24) is 20.0 Å². The molecule has 0 unspecified atom stereocenters. The van der Waals surface area contributed by atoms with Crippen LogP contribution in [-0.4, -0.2) is 33.7 Å². The van der Waals surface area contributed by atoms with Crippen LogP contribution in [0.3, 0.4) is 0 Å². The van der Waals surface area contributed by atoms with Gasteiger partial charge in [0.05, 0.1) is 30.6 Å². The second-order valence-corrected chi connectivity index (χ2v) is 8.82. The van der Waals surface area contributed by atoms with E-state index in [1.54, 1.807) is 60.7 Å². The van der Waals surface area contributed by atoms with E-state index in [9.17, 15) is 19.3 Å². The number of imide groups is 1. The van der Waals surface area contributed by atoms with Crippen LogP contribution in [0.1, 0.15) is 11.1 Å². The van der Waals surface area contributed by atoms with Gasteiger partial charge in [0.25, 0.3) is 11.5 Å². The fraction of sp³-hybridized carbons (Fsp3) is 0.0741. The fourth-order valence-corrected chi connectivity index (χ4v) is 4.20. The number of urea groups is 1. The molecule has 1 aromatic heterocycles. The lowest BCUT2D eigenvalue weighted by Crippen LogP contribution is -2.30. The number of methoxy groups -OCH3 is 1. The van der Waals surface area contributed by atoms with Crippen LogP contribution in [0.5, 0.6) is 5.75 Å². The van der Waals surface area contributed by atoms with Gasteiger partial charge in [0.2, 0.25) is 0 Å². The minimum Gasteiger partial charge on any atom is -0.497 e. The molecule has 0 aliphatic carbocycles. The zero-order chi connectivity index (χ0) is 26.8. The molecular weight excluding hydrogens is 510 g/mol. The first-order chi connectivity index (χ1) is 18.4. The van der Waals surface area contributed by atoms with Gasteiger partial charge in [-0.3, -0.25) is 19.6 Å². The SMILES string of the molecule is COc1cccc(CN2C(=O)N/C(=C\c3c(-c4ccc(Cl)cc4)[nH]n(-c4ccc(N=O)cc4)c3=O)C2=O)c1. The van der Waals surface area contributed by atoms with Gasteiger partial charge < -0.3 is 10.1 Å². The third kappa shape index (κ3) is 4.72. The summed E-state index contributed by atoms with van der Waals surface area (Å²) in [4.78, 5) is 51.3. The Hall–Kier alpha value is -4.96. The van der Waals surface area contributed by atoms with Crippen LogP contribution in [0.25, 0.3) is 23.0 Å². The van der Waals surface area contributed by atoms with Gasteiger partial charge in [0, 0.05) is 10.6 Å². The van der Waals surface area contributed by atoms with Crippen molar-refractivity contribution in [3.63, 3.8) is 0 Å². The zero-order valence-corrected chi connectivity index (χ0v) is 20.7. The lowest BCUT2D eigenvalue weighted by Gasteiger charge is -2.12. The normalized spacial score (nSPS) is 14.2. The topological polar surface area (TPSA) is 126 Å². The number of carbonyl (C=O) groups is 2. The van der Waals surface area contributed by atoms with Crippen molar-refractivity contribution in [3.8, 4) is 22.7 Å². The summed E-state index contributed by atoms with van der Waals surface area (Å²) in [5.74, 6) is 0.0243. The molecule has 1 fully saturated rings. The van der Waals surface area contributed by atoms with Crippen LogP contribution in [0, 0.1) is 4.91 Å². The number of ether oxygens (including phenoxy) is 1. The molecule has 3 amide bonds. The molecule has 0 spiro atoms. The molecule has 1 aliphatic heterocycles. The predicted molar refractivity (Wildman–Crippen MR) is 142 cm³/mol. The number of rotatable bonds is 7. The Kier molecular flexibility index (Phi) is 6.63. The molecule has 0 radical (unpaired) electrons. The molecule has 1 saturated heterocycles. The first-order valence-corrected chi connectivity index (χ1v) is 11.8. The number of H-pyrrole nitrogens is 1. The number of aromatic amines is 1. The summed E-state index contributed by atoms with van der Waals surface area (Å²) in [6.45, 7) is 0.0255. The molecule has 2 heterocycles. The lowest BCUT2D eigenvalue weighted by atomic mass is 10.1. The van der Waals surface area contributed by atoms with E-state index in [4.69, 9.17) is 16.3 Å². The van der Waals surface area contributed by atoms with E-state index in [0.717, 1.165) is 4.90 Å². The largest absolute Gasteiger partial charge is 0.497 e. The third-order valence-electron chi connectivity index (χ3n) is 6.00. The standard InChI is InChI=1S/C27H20ClN5O5/c1-38-21-4-2-3-16(13-21)15-32-26(35)23(29-27(32)36)14-22-24(17-5-7-18(28)8-6-17)30-33(25(22)34)20-11-9-19(31-37)10-12-20/h2-14,30H,15H2,1H3,(H,29,36)/b23-14-. The van der Waals surface area contributed by atoms with E-state index < -0.39 is 17.5 Å². The summed E-state index contributed by atoms with van der Waals surface area (Å²) in [5, 5.41) is 9.02. The molecule has 4 aromatic rings. The van der Waals surface area contributed by atoms with Gasteiger partial charge in [-0.2, -0.15) is 0 Å². The average Bonchev–Trinajstić information content (AvgIpc) is 3.40. The van der Waals surface area contributed by atoms with Crippen molar-refractivity contribution in [2.24, 2.45) is 5.18 Å². The highest BCUT2D eigenvalue weighted by Gasteiger charge is 2.34. The Morgan fingerprint density at radius 1 is 1.00 bits per heavy atom. The molecule has 0 atom stereocenters. The van der Waals surface area contributed by atoms with E-state index >= 15 is 0 Å². The first kappa shape index (κ1) is 24.7. The van der Waals surface area contributed by atoms with Crippen LogP contribution in [-0.2, 0) is 11.3 Å². The third-order valence-corrected chi connectivity index (χ3v) is 6.25. The summed E-state index contributed by atoms with van der Waals surface area (Å²) in [5.41, 5.74) is 2.04. The smallest absolute Gasteiger partial charge is 0.329 e. The minimum atomic E-state index is -0.607. The Bertz CT molecular complexity index is 1640. The molecule has 190 valence electrons. The number of benzene rings is 3. The van der Waals surface area contributed by atoms with E-state index in [1.165, 1.54) is 30.0 Å².